The van der Waals surface area contributed by atoms with E-state index in [9.17, 15) is 0 Å². The first-order valence-electron chi connectivity index (χ1n) is 2.58. The van der Waals surface area contributed by atoms with Crippen LogP contribution in [0.25, 0.3) is 0 Å². The first kappa shape index (κ1) is 7.43. The molecule has 2 N–H and O–H groups in total. The zero-order valence-corrected chi connectivity index (χ0v) is 5.65. The second-order valence-electron chi connectivity index (χ2n) is 1.87. The molecule has 8 heavy (non-hydrogen) atoms. The highest BCUT2D eigenvalue weighted by atomic mass is 15.1. The number of hydrogen-bond acceptors (Lipinski definition) is 2. The van der Waals surface area contributed by atoms with Crippen LogP contribution in [-0.4, -0.2) is 38.4 Å². The monoisotopic (exact) mass is 115 g/mol. The predicted octanol–water partition coefficient (Wildman–Crippen LogP) is -0.255. The van der Waals surface area contributed by atoms with Gasteiger partial charge in [-0.15, -0.1) is 0 Å². The van der Waals surface area contributed by atoms with Crippen LogP contribution in [0.1, 0.15) is 0 Å². The van der Waals surface area contributed by atoms with Crippen molar-refractivity contribution in [3.05, 3.63) is 0 Å². The lowest BCUT2D eigenvalue weighted by Gasteiger charge is -2.11. The van der Waals surface area contributed by atoms with Crippen molar-refractivity contribution in [3.8, 4) is 0 Å². The molecule has 0 spiro atoms. The molecule has 3 nitrogen and oxygen atoms in total. The van der Waals surface area contributed by atoms with Crippen LogP contribution in [-0.2, 0) is 0 Å². The summed E-state index contributed by atoms with van der Waals surface area (Å²) in [5, 5.41) is 10.1. The van der Waals surface area contributed by atoms with Gasteiger partial charge in [0, 0.05) is 14.1 Å². The molecule has 0 saturated carbocycles. The van der Waals surface area contributed by atoms with Gasteiger partial charge in [-0.2, -0.15) is 0 Å². The third-order valence-corrected chi connectivity index (χ3v) is 0.884. The van der Waals surface area contributed by atoms with E-state index < -0.39 is 0 Å². The van der Waals surface area contributed by atoms with Crippen molar-refractivity contribution in [2.24, 2.45) is 0 Å². The van der Waals surface area contributed by atoms with Crippen LogP contribution >= 0.6 is 0 Å². The van der Waals surface area contributed by atoms with Gasteiger partial charge in [-0.1, -0.05) is 0 Å². The van der Waals surface area contributed by atoms with Crippen LogP contribution < -0.4 is 5.32 Å². The van der Waals surface area contributed by atoms with Crippen molar-refractivity contribution in [3.63, 3.8) is 0 Å². The van der Waals surface area contributed by atoms with Gasteiger partial charge in [-0.25, -0.2) is 0 Å². The Bertz CT molecular complexity index is 77.7. The van der Waals surface area contributed by atoms with Crippen molar-refractivity contribution in [2.75, 3.05) is 27.7 Å². The maximum absolute atomic E-state index is 7.21. The molecular formula is C5H13N3. The molecule has 0 rings (SSSR count). The smallest absolute Gasteiger partial charge is 0.109 e. The molecule has 48 valence electrons. The van der Waals surface area contributed by atoms with Crippen molar-refractivity contribution in [1.82, 2.24) is 10.2 Å². The number of hydrogen-bond donors (Lipinski definition) is 2. The van der Waals surface area contributed by atoms with E-state index in [4.69, 9.17) is 5.41 Å². The number of amidine groups is 1. The summed E-state index contributed by atoms with van der Waals surface area (Å²) >= 11 is 0. The van der Waals surface area contributed by atoms with Crippen molar-refractivity contribution in [2.45, 2.75) is 0 Å². The third-order valence-electron chi connectivity index (χ3n) is 0.884. The normalized spacial score (nSPS) is 8.88. The first-order valence-corrected chi connectivity index (χ1v) is 2.58. The van der Waals surface area contributed by atoms with Gasteiger partial charge >= 0.3 is 0 Å². The summed E-state index contributed by atoms with van der Waals surface area (Å²) in [6.45, 7) is 0.646. The maximum Gasteiger partial charge on any atom is 0.109 e. The highest BCUT2D eigenvalue weighted by Crippen LogP contribution is 1.73. The lowest BCUT2D eigenvalue weighted by Crippen LogP contribution is -2.30. The molecule has 0 aliphatic rings. The molecule has 0 aromatic carbocycles. The van der Waals surface area contributed by atoms with Crippen molar-refractivity contribution < 1.29 is 0 Å². The summed E-state index contributed by atoms with van der Waals surface area (Å²) in [5.74, 6) is 0.604. The summed E-state index contributed by atoms with van der Waals surface area (Å²) in [5.41, 5.74) is 0. The van der Waals surface area contributed by atoms with E-state index in [1.165, 1.54) is 0 Å². The van der Waals surface area contributed by atoms with Gasteiger partial charge in [0.2, 0.25) is 0 Å². The van der Waals surface area contributed by atoms with Gasteiger partial charge < -0.3 is 10.2 Å². The highest BCUT2D eigenvalue weighted by molar-refractivity contribution is 5.80. The second-order valence-corrected chi connectivity index (χ2v) is 1.87. The lowest BCUT2D eigenvalue weighted by molar-refractivity contribution is 0.598. The summed E-state index contributed by atoms with van der Waals surface area (Å²) < 4.78 is 0. The van der Waals surface area contributed by atoms with Crippen LogP contribution in [0.5, 0.6) is 0 Å². The molecule has 0 atom stereocenters. The molecule has 3 heteroatoms. The predicted molar refractivity (Wildman–Crippen MR) is 35.3 cm³/mol. The summed E-state index contributed by atoms with van der Waals surface area (Å²) in [6.07, 6.45) is 0. The fourth-order valence-electron chi connectivity index (χ4n) is 0.326. The average molecular weight is 115 g/mol. The molecule has 0 heterocycles. The zero-order valence-electron chi connectivity index (χ0n) is 5.65. The maximum atomic E-state index is 7.21. The SMILES string of the molecule is CNCC(=N)N(C)C. The summed E-state index contributed by atoms with van der Waals surface area (Å²) in [4.78, 5) is 1.77. The molecule has 0 aliphatic heterocycles. The van der Waals surface area contributed by atoms with E-state index in [0.717, 1.165) is 0 Å². The number of rotatable bonds is 2. The Kier molecular flexibility index (Phi) is 3.19. The van der Waals surface area contributed by atoms with Crippen LogP contribution in [0.15, 0.2) is 0 Å². The number of nitrogens with one attached hydrogen (secondary N) is 2. The molecule has 0 aliphatic carbocycles. The van der Waals surface area contributed by atoms with E-state index in [2.05, 4.69) is 5.32 Å². The van der Waals surface area contributed by atoms with E-state index in [1.807, 2.05) is 21.1 Å². The van der Waals surface area contributed by atoms with E-state index in [1.54, 1.807) is 4.90 Å². The van der Waals surface area contributed by atoms with E-state index in [-0.39, 0.29) is 0 Å². The van der Waals surface area contributed by atoms with Crippen LogP contribution in [0, 0.1) is 5.41 Å². The topological polar surface area (TPSA) is 39.1 Å². The number of nitrogens with zero attached hydrogens (tertiary/aromatic N) is 1. The van der Waals surface area contributed by atoms with Gasteiger partial charge in [0.05, 0.1) is 6.54 Å². The number of likely N-dealkylation sites (N-methyl/N-ethyl adjacent to an activating group) is 2. The summed E-state index contributed by atoms with van der Waals surface area (Å²) in [6, 6.07) is 0. The Morgan fingerprint density at radius 3 is 2.25 bits per heavy atom. The van der Waals surface area contributed by atoms with Gasteiger partial charge in [0.1, 0.15) is 5.84 Å². The first-order chi connectivity index (χ1) is 3.68. The fraction of sp³-hybridized carbons (Fsp3) is 0.800. The molecule has 0 fully saturated rings. The molecule has 0 unspecified atom stereocenters. The zero-order chi connectivity index (χ0) is 6.57. The molecular weight excluding hydrogens is 102 g/mol. The van der Waals surface area contributed by atoms with E-state index >= 15 is 0 Å². The summed E-state index contributed by atoms with van der Waals surface area (Å²) in [7, 11) is 5.55. The molecule has 0 bridgehead atoms. The Balaban J connectivity index is 3.33. The Hall–Kier alpha value is -0.570. The molecule has 0 aromatic rings. The third kappa shape index (κ3) is 2.58. The minimum atomic E-state index is 0.604. The molecule has 0 saturated heterocycles. The minimum absolute atomic E-state index is 0.604. The van der Waals surface area contributed by atoms with Crippen molar-refractivity contribution >= 4 is 5.84 Å². The van der Waals surface area contributed by atoms with Crippen LogP contribution in [0.2, 0.25) is 0 Å². The Morgan fingerprint density at radius 2 is 2.12 bits per heavy atom. The molecule has 0 aromatic heterocycles. The molecule has 0 amide bonds. The van der Waals surface area contributed by atoms with Gasteiger partial charge in [0.15, 0.2) is 0 Å². The minimum Gasteiger partial charge on any atom is -0.366 e. The fourth-order valence-corrected chi connectivity index (χ4v) is 0.326. The Morgan fingerprint density at radius 1 is 1.62 bits per heavy atom. The van der Waals surface area contributed by atoms with Crippen molar-refractivity contribution in [1.29, 1.82) is 5.41 Å². The van der Waals surface area contributed by atoms with Gasteiger partial charge in [-0.3, -0.25) is 5.41 Å². The largest absolute Gasteiger partial charge is 0.366 e. The van der Waals surface area contributed by atoms with Gasteiger partial charge in [0.25, 0.3) is 0 Å². The second kappa shape index (κ2) is 3.43. The van der Waals surface area contributed by atoms with Gasteiger partial charge in [-0.05, 0) is 7.05 Å². The Labute approximate surface area is 50.2 Å². The van der Waals surface area contributed by atoms with Crippen LogP contribution in [0.3, 0.4) is 0 Å². The quantitative estimate of drug-likeness (QED) is 0.384. The standard InChI is InChI=1S/C5H13N3/c1-7-4-5(6)8(2)3/h6-7H,4H2,1-3H3. The molecule has 0 radical (unpaired) electrons. The van der Waals surface area contributed by atoms with Crippen LogP contribution in [0.4, 0.5) is 0 Å². The highest BCUT2D eigenvalue weighted by Gasteiger charge is 1.92. The lowest BCUT2D eigenvalue weighted by atomic mass is 10.5. The van der Waals surface area contributed by atoms with E-state index in [0.29, 0.717) is 12.4 Å². The average Bonchev–Trinajstić information content (AvgIpc) is 1.67.